The number of carboxylic acid groups (broad SMARTS) is 1. The van der Waals surface area contributed by atoms with E-state index < -0.39 is 30.0 Å². The number of imide groups is 1. The summed E-state index contributed by atoms with van der Waals surface area (Å²) >= 11 is 0. The van der Waals surface area contributed by atoms with E-state index in [2.05, 4.69) is 21.5 Å². The Kier molecular flexibility index (Phi) is 8.57. The van der Waals surface area contributed by atoms with Crippen LogP contribution in [0.4, 0.5) is 9.59 Å². The number of amides is 4. The Bertz CT molecular complexity index is 1520. The summed E-state index contributed by atoms with van der Waals surface area (Å²) in [6, 6.07) is 22.4. The van der Waals surface area contributed by atoms with Crippen LogP contribution in [0.3, 0.4) is 0 Å². The first-order valence-electron chi connectivity index (χ1n) is 13.8. The van der Waals surface area contributed by atoms with Gasteiger partial charge in [-0.3, -0.25) is 9.69 Å². The molecule has 2 atom stereocenters. The minimum atomic E-state index is -1.07. The van der Waals surface area contributed by atoms with E-state index in [0.717, 1.165) is 21.9 Å². The van der Waals surface area contributed by atoms with Gasteiger partial charge in [0, 0.05) is 26.1 Å². The smallest absolute Gasteiger partial charge is 0.407 e. The lowest BCUT2D eigenvalue weighted by molar-refractivity contribution is -0.134. The maximum absolute atomic E-state index is 13.8. The third kappa shape index (κ3) is 6.89. The molecule has 1 fully saturated rings. The summed E-state index contributed by atoms with van der Waals surface area (Å²) in [6.45, 7) is 2.26. The summed E-state index contributed by atoms with van der Waals surface area (Å²) in [5.41, 5.74) is 1.94. The number of urea groups is 1. The molecule has 0 spiro atoms. The van der Waals surface area contributed by atoms with E-state index in [-0.39, 0.29) is 19.0 Å². The fourth-order valence-electron chi connectivity index (χ4n) is 5.25. The molecule has 1 aromatic heterocycles. The minimum absolute atomic E-state index is 0.0597. The highest BCUT2D eigenvalue weighted by atomic mass is 16.5. The zero-order chi connectivity index (χ0) is 28.8. The Labute approximate surface area is 237 Å². The van der Waals surface area contributed by atoms with Crippen molar-refractivity contribution in [2.75, 3.05) is 19.6 Å². The minimum Gasteiger partial charge on any atom is -0.465 e. The van der Waals surface area contributed by atoms with Gasteiger partial charge in [0.25, 0.3) is 0 Å². The van der Waals surface area contributed by atoms with Crippen molar-refractivity contribution in [3.05, 3.63) is 95.6 Å². The molecule has 0 unspecified atom stereocenters. The number of aryl methyl sites for hydroxylation is 1. The second-order valence-electron chi connectivity index (χ2n) is 10.4. The third-order valence-electron chi connectivity index (χ3n) is 7.41. The van der Waals surface area contributed by atoms with Gasteiger partial charge in [0.05, 0.1) is 5.92 Å². The Balaban J connectivity index is 1.39. The number of nitrogens with one attached hydrogen (secondary N) is 1. The van der Waals surface area contributed by atoms with Crippen molar-refractivity contribution in [1.82, 2.24) is 25.3 Å². The average molecular weight is 556 g/mol. The molecule has 0 saturated carbocycles. The highest BCUT2D eigenvalue weighted by Crippen LogP contribution is 2.22. The van der Waals surface area contributed by atoms with E-state index in [4.69, 9.17) is 4.52 Å². The van der Waals surface area contributed by atoms with Crippen molar-refractivity contribution in [1.29, 1.82) is 0 Å². The van der Waals surface area contributed by atoms with Crippen molar-refractivity contribution in [3.8, 4) is 0 Å². The van der Waals surface area contributed by atoms with Gasteiger partial charge in [0.1, 0.15) is 6.04 Å². The summed E-state index contributed by atoms with van der Waals surface area (Å²) in [5, 5.41) is 18.5. The van der Waals surface area contributed by atoms with E-state index in [1.54, 1.807) is 6.92 Å². The summed E-state index contributed by atoms with van der Waals surface area (Å²) in [4.78, 5) is 46.1. The van der Waals surface area contributed by atoms with Gasteiger partial charge in [0.2, 0.25) is 11.8 Å². The molecule has 4 aromatic rings. The van der Waals surface area contributed by atoms with Crippen LogP contribution in [-0.4, -0.2) is 62.7 Å². The zero-order valence-corrected chi connectivity index (χ0v) is 22.9. The van der Waals surface area contributed by atoms with Crippen LogP contribution in [0, 0.1) is 12.8 Å². The molecule has 2 heterocycles. The number of hydrogen-bond donors (Lipinski definition) is 2. The SMILES string of the molecule is Cc1noc([C@@H](Cc2ccccc2)NC(=O)N(CCc2ccc3ccccc3c2)C(=O)[C@@H]2CCCN(C(=O)O)C2)n1. The molecule has 3 aromatic carbocycles. The molecule has 1 saturated heterocycles. The molecule has 2 N–H and O–H groups in total. The quantitative estimate of drug-likeness (QED) is 0.314. The molecule has 212 valence electrons. The third-order valence-corrected chi connectivity index (χ3v) is 7.41. The van der Waals surface area contributed by atoms with Gasteiger partial charge in [-0.05, 0) is 48.1 Å². The van der Waals surface area contributed by atoms with Crippen LogP contribution in [0.15, 0.2) is 77.3 Å². The standard InChI is InChI=1S/C31H33N5O5/c1-21-32-28(41-34-21)27(19-22-8-3-2-4-9-22)33-30(38)36(29(37)26-12-7-16-35(20-26)31(39)40)17-15-23-13-14-24-10-5-6-11-25(24)18-23/h2-6,8-11,13-14,18,26-27H,7,12,15-17,19-20H2,1H3,(H,33,38)(H,39,40)/t26-,27-/m1/s1. The van der Waals surface area contributed by atoms with Crippen molar-refractivity contribution in [3.63, 3.8) is 0 Å². The number of fused-ring (bicyclic) bond motifs is 1. The Morgan fingerprint density at radius 2 is 1.80 bits per heavy atom. The molecule has 5 rings (SSSR count). The fourth-order valence-corrected chi connectivity index (χ4v) is 5.25. The van der Waals surface area contributed by atoms with Crippen LogP contribution < -0.4 is 5.32 Å². The topological polar surface area (TPSA) is 129 Å². The number of rotatable bonds is 8. The number of aromatic nitrogens is 2. The van der Waals surface area contributed by atoms with E-state index in [1.165, 1.54) is 9.80 Å². The van der Waals surface area contributed by atoms with Crippen LogP contribution in [0.25, 0.3) is 10.8 Å². The van der Waals surface area contributed by atoms with E-state index in [9.17, 15) is 19.5 Å². The van der Waals surface area contributed by atoms with Gasteiger partial charge in [0.15, 0.2) is 5.82 Å². The first kappa shape index (κ1) is 27.8. The van der Waals surface area contributed by atoms with Gasteiger partial charge in [-0.1, -0.05) is 78.0 Å². The van der Waals surface area contributed by atoms with Gasteiger partial charge < -0.3 is 19.8 Å². The van der Waals surface area contributed by atoms with Crippen LogP contribution in [0.1, 0.15) is 41.7 Å². The molecule has 4 amide bonds. The second-order valence-corrected chi connectivity index (χ2v) is 10.4. The summed E-state index contributed by atoms with van der Waals surface area (Å²) < 4.78 is 5.42. The monoisotopic (exact) mass is 555 g/mol. The van der Waals surface area contributed by atoms with Crippen molar-refractivity contribution < 1.29 is 24.0 Å². The molecule has 0 radical (unpaired) electrons. The fraction of sp³-hybridized carbons (Fsp3) is 0.323. The van der Waals surface area contributed by atoms with Crippen LogP contribution >= 0.6 is 0 Å². The molecular weight excluding hydrogens is 522 g/mol. The van der Waals surface area contributed by atoms with E-state index in [0.29, 0.717) is 38.1 Å². The van der Waals surface area contributed by atoms with Crippen molar-refractivity contribution >= 4 is 28.8 Å². The Morgan fingerprint density at radius 1 is 1.05 bits per heavy atom. The number of nitrogens with zero attached hydrogens (tertiary/aromatic N) is 4. The number of carbonyl (C=O) groups excluding carboxylic acids is 2. The first-order valence-corrected chi connectivity index (χ1v) is 13.8. The number of carbonyl (C=O) groups is 3. The molecule has 0 aliphatic carbocycles. The summed E-state index contributed by atoms with van der Waals surface area (Å²) in [5.74, 6) is -0.321. The lowest BCUT2D eigenvalue weighted by Gasteiger charge is -2.33. The maximum atomic E-state index is 13.8. The zero-order valence-electron chi connectivity index (χ0n) is 22.9. The van der Waals surface area contributed by atoms with Gasteiger partial charge in [-0.25, -0.2) is 9.59 Å². The van der Waals surface area contributed by atoms with Crippen LogP contribution in [0.5, 0.6) is 0 Å². The maximum Gasteiger partial charge on any atom is 0.407 e. The lowest BCUT2D eigenvalue weighted by Crippen LogP contribution is -2.52. The number of hydrogen-bond acceptors (Lipinski definition) is 6. The highest BCUT2D eigenvalue weighted by molar-refractivity contribution is 5.96. The molecular formula is C31H33N5O5. The van der Waals surface area contributed by atoms with Crippen molar-refractivity contribution in [2.45, 2.75) is 38.6 Å². The molecule has 1 aliphatic heterocycles. The first-order chi connectivity index (χ1) is 19.9. The van der Waals surface area contributed by atoms with Crippen LogP contribution in [0.2, 0.25) is 0 Å². The number of likely N-dealkylation sites (tertiary alicyclic amines) is 1. The van der Waals surface area contributed by atoms with Gasteiger partial charge >= 0.3 is 12.1 Å². The number of benzene rings is 3. The Morgan fingerprint density at radius 3 is 2.54 bits per heavy atom. The highest BCUT2D eigenvalue weighted by Gasteiger charge is 2.35. The predicted molar refractivity (Wildman–Crippen MR) is 152 cm³/mol. The molecule has 10 nitrogen and oxygen atoms in total. The molecule has 0 bridgehead atoms. The molecule has 1 aliphatic rings. The lowest BCUT2D eigenvalue weighted by atomic mass is 9.96. The number of piperidine rings is 1. The Hall–Kier alpha value is -4.73. The normalized spacial score (nSPS) is 15.8. The van der Waals surface area contributed by atoms with Gasteiger partial charge in [-0.2, -0.15) is 4.98 Å². The average Bonchev–Trinajstić information content (AvgIpc) is 3.43. The summed E-state index contributed by atoms with van der Waals surface area (Å²) in [7, 11) is 0. The van der Waals surface area contributed by atoms with Crippen LogP contribution in [-0.2, 0) is 17.6 Å². The van der Waals surface area contributed by atoms with E-state index >= 15 is 0 Å². The summed E-state index contributed by atoms with van der Waals surface area (Å²) in [6.07, 6.45) is 0.836. The van der Waals surface area contributed by atoms with Gasteiger partial charge in [-0.15, -0.1) is 0 Å². The second kappa shape index (κ2) is 12.6. The van der Waals surface area contributed by atoms with E-state index in [1.807, 2.05) is 66.7 Å². The van der Waals surface area contributed by atoms with Crippen molar-refractivity contribution in [2.24, 2.45) is 5.92 Å². The molecule has 10 heteroatoms. The largest absolute Gasteiger partial charge is 0.465 e. The predicted octanol–water partition coefficient (Wildman–Crippen LogP) is 4.99. The molecule has 41 heavy (non-hydrogen) atoms.